The first-order valence-electron chi connectivity index (χ1n) is 3.46. The van der Waals surface area contributed by atoms with Crippen LogP contribution in [0.15, 0.2) is 0 Å². The number of nitrogens with two attached hydrogens (primary N) is 2. The average Bonchev–Trinajstić information content (AvgIpc) is 1.92. The van der Waals surface area contributed by atoms with Gasteiger partial charge in [-0.3, -0.25) is 0 Å². The molecule has 0 saturated heterocycles. The third-order valence-corrected chi connectivity index (χ3v) is 5.46. The molecule has 0 aromatic rings. The van der Waals surface area contributed by atoms with Gasteiger partial charge in [0.1, 0.15) is 0 Å². The minimum atomic E-state index is -3.42. The molecule has 0 aromatic carbocycles. The number of primary sulfonamides is 2. The third-order valence-electron chi connectivity index (χ3n) is 0.986. The zero-order valence-electron chi connectivity index (χ0n) is 7.25. The van der Waals surface area contributed by atoms with E-state index in [1.807, 2.05) is 0 Å². The molecule has 0 aliphatic rings. The molecule has 4 N–H and O–H groups in total. The lowest BCUT2D eigenvalue weighted by atomic mass is 11.0. The SMILES string of the molecule is NS(=O)(=O)CCSSCCS(N)(=O)=O. The summed E-state index contributed by atoms with van der Waals surface area (Å²) in [6, 6.07) is 0. The van der Waals surface area contributed by atoms with Gasteiger partial charge in [-0.25, -0.2) is 27.1 Å². The normalized spacial score (nSPS) is 13.0. The van der Waals surface area contributed by atoms with Gasteiger partial charge in [0, 0.05) is 11.5 Å². The fraction of sp³-hybridized carbons (Fsp3) is 1.00. The van der Waals surface area contributed by atoms with Crippen LogP contribution in [0, 0.1) is 0 Å². The Kier molecular flexibility index (Phi) is 6.41. The zero-order chi connectivity index (χ0) is 11.2. The number of hydrogen-bond acceptors (Lipinski definition) is 6. The highest BCUT2D eigenvalue weighted by atomic mass is 33.1. The van der Waals surface area contributed by atoms with Crippen LogP contribution in [0.4, 0.5) is 0 Å². The molecule has 0 bridgehead atoms. The Labute approximate surface area is 91.7 Å². The van der Waals surface area contributed by atoms with Crippen molar-refractivity contribution in [3.63, 3.8) is 0 Å². The molecule has 0 atom stereocenters. The minimum Gasteiger partial charge on any atom is -0.229 e. The van der Waals surface area contributed by atoms with Crippen LogP contribution in [0.25, 0.3) is 0 Å². The van der Waals surface area contributed by atoms with Crippen molar-refractivity contribution in [2.75, 3.05) is 23.0 Å². The Bertz CT molecular complexity index is 312. The van der Waals surface area contributed by atoms with Gasteiger partial charge in [0.15, 0.2) is 0 Å². The van der Waals surface area contributed by atoms with Crippen LogP contribution < -0.4 is 10.3 Å². The smallest absolute Gasteiger partial charge is 0.209 e. The van der Waals surface area contributed by atoms with Crippen LogP contribution in [0.5, 0.6) is 0 Å². The fourth-order valence-corrected chi connectivity index (χ4v) is 4.99. The second-order valence-electron chi connectivity index (χ2n) is 2.38. The first-order valence-corrected chi connectivity index (χ1v) is 9.38. The minimum absolute atomic E-state index is 0.111. The van der Waals surface area contributed by atoms with Crippen molar-refractivity contribution in [3.8, 4) is 0 Å². The van der Waals surface area contributed by atoms with E-state index < -0.39 is 20.0 Å². The van der Waals surface area contributed by atoms with Crippen LogP contribution in [-0.4, -0.2) is 39.8 Å². The zero-order valence-corrected chi connectivity index (χ0v) is 10.5. The van der Waals surface area contributed by atoms with Gasteiger partial charge in [-0.1, -0.05) is 21.6 Å². The predicted octanol–water partition coefficient (Wildman–Crippen LogP) is -1.06. The van der Waals surface area contributed by atoms with Gasteiger partial charge in [-0.15, -0.1) is 0 Å². The molecular formula is C4H12N2O4S4. The lowest BCUT2D eigenvalue weighted by Gasteiger charge is -1.99. The van der Waals surface area contributed by atoms with Crippen LogP contribution in [0.1, 0.15) is 0 Å². The van der Waals surface area contributed by atoms with E-state index in [9.17, 15) is 16.8 Å². The van der Waals surface area contributed by atoms with Gasteiger partial charge >= 0.3 is 0 Å². The third kappa shape index (κ3) is 12.5. The average molecular weight is 280 g/mol. The van der Waals surface area contributed by atoms with E-state index in [2.05, 4.69) is 0 Å². The molecule has 0 amide bonds. The van der Waals surface area contributed by atoms with E-state index in [0.717, 1.165) is 0 Å². The molecule has 0 rings (SSSR count). The van der Waals surface area contributed by atoms with Gasteiger partial charge in [0.2, 0.25) is 20.0 Å². The molecule has 14 heavy (non-hydrogen) atoms. The maximum atomic E-state index is 10.5. The second-order valence-corrected chi connectivity index (χ2v) is 8.55. The van der Waals surface area contributed by atoms with E-state index >= 15 is 0 Å². The summed E-state index contributed by atoms with van der Waals surface area (Å²) in [4.78, 5) is 0. The van der Waals surface area contributed by atoms with Gasteiger partial charge < -0.3 is 0 Å². The largest absolute Gasteiger partial charge is 0.229 e. The molecule has 0 fully saturated rings. The molecular weight excluding hydrogens is 268 g/mol. The summed E-state index contributed by atoms with van der Waals surface area (Å²) in [5.41, 5.74) is 0. The molecule has 0 heterocycles. The van der Waals surface area contributed by atoms with E-state index in [1.165, 1.54) is 21.6 Å². The number of sulfonamides is 2. The maximum Gasteiger partial charge on any atom is 0.209 e. The lowest BCUT2D eigenvalue weighted by Crippen LogP contribution is -2.18. The monoisotopic (exact) mass is 280 g/mol. The van der Waals surface area contributed by atoms with E-state index in [4.69, 9.17) is 10.3 Å². The van der Waals surface area contributed by atoms with E-state index in [0.29, 0.717) is 11.5 Å². The summed E-state index contributed by atoms with van der Waals surface area (Å²) < 4.78 is 41.8. The molecule has 0 radical (unpaired) electrons. The lowest BCUT2D eigenvalue weighted by molar-refractivity contribution is 0.597. The Morgan fingerprint density at radius 3 is 1.29 bits per heavy atom. The van der Waals surface area contributed by atoms with Crippen molar-refractivity contribution in [3.05, 3.63) is 0 Å². The van der Waals surface area contributed by atoms with Crippen LogP contribution in [0.3, 0.4) is 0 Å². The molecule has 0 spiro atoms. The highest BCUT2D eigenvalue weighted by Crippen LogP contribution is 2.20. The van der Waals surface area contributed by atoms with Gasteiger partial charge in [0.05, 0.1) is 11.5 Å². The summed E-state index contributed by atoms with van der Waals surface area (Å²) in [5, 5.41) is 9.51. The molecule has 0 unspecified atom stereocenters. The first-order chi connectivity index (χ1) is 6.21. The van der Waals surface area contributed by atoms with Crippen molar-refractivity contribution >= 4 is 41.6 Å². The van der Waals surface area contributed by atoms with Crippen LogP contribution >= 0.6 is 21.6 Å². The summed E-state index contributed by atoms with van der Waals surface area (Å²) in [6.45, 7) is 0. The van der Waals surface area contributed by atoms with Gasteiger partial charge in [-0.05, 0) is 0 Å². The Morgan fingerprint density at radius 1 is 0.786 bits per heavy atom. The Balaban J connectivity index is 3.41. The maximum absolute atomic E-state index is 10.5. The van der Waals surface area contributed by atoms with Crippen LogP contribution in [0.2, 0.25) is 0 Å². The van der Waals surface area contributed by atoms with Gasteiger partial charge in [0.25, 0.3) is 0 Å². The highest BCUT2D eigenvalue weighted by molar-refractivity contribution is 8.76. The molecule has 0 aliphatic carbocycles. The summed E-state index contributed by atoms with van der Waals surface area (Å²) in [7, 11) is -4.32. The quantitative estimate of drug-likeness (QED) is 0.453. The molecule has 86 valence electrons. The fourth-order valence-electron chi connectivity index (χ4n) is 0.418. The molecule has 0 saturated carbocycles. The van der Waals surface area contributed by atoms with E-state index in [-0.39, 0.29) is 11.5 Å². The highest BCUT2D eigenvalue weighted by Gasteiger charge is 2.04. The predicted molar refractivity (Wildman–Crippen MR) is 60.9 cm³/mol. The summed E-state index contributed by atoms with van der Waals surface area (Å²) in [6.07, 6.45) is 0. The number of hydrogen-bond donors (Lipinski definition) is 2. The van der Waals surface area contributed by atoms with Crippen LogP contribution in [-0.2, 0) is 20.0 Å². The van der Waals surface area contributed by atoms with Crippen molar-refractivity contribution in [1.29, 1.82) is 0 Å². The Hall–Kier alpha value is 0.520. The molecule has 0 aromatic heterocycles. The standard InChI is InChI=1S/C4H12N2O4S4/c5-13(7,8)3-1-11-12-2-4-14(6,9)10/h1-4H2,(H2,5,7,8)(H2,6,9,10). The second kappa shape index (κ2) is 6.18. The molecule has 0 aliphatic heterocycles. The van der Waals surface area contributed by atoms with E-state index in [1.54, 1.807) is 0 Å². The van der Waals surface area contributed by atoms with Crippen molar-refractivity contribution < 1.29 is 16.8 Å². The molecule has 6 nitrogen and oxygen atoms in total. The van der Waals surface area contributed by atoms with Crippen molar-refractivity contribution in [2.24, 2.45) is 10.3 Å². The topological polar surface area (TPSA) is 120 Å². The van der Waals surface area contributed by atoms with Gasteiger partial charge in [-0.2, -0.15) is 0 Å². The summed E-state index contributed by atoms with van der Waals surface area (Å²) in [5.74, 6) is 0.461. The molecule has 10 heteroatoms. The van der Waals surface area contributed by atoms with Crippen molar-refractivity contribution in [1.82, 2.24) is 0 Å². The Morgan fingerprint density at radius 2 is 1.07 bits per heavy atom. The number of rotatable bonds is 7. The first kappa shape index (κ1) is 14.5. The van der Waals surface area contributed by atoms with Crippen molar-refractivity contribution in [2.45, 2.75) is 0 Å². The summed E-state index contributed by atoms with van der Waals surface area (Å²) >= 11 is 0.